The first-order valence-electron chi connectivity index (χ1n) is 13.7. The van der Waals surface area contributed by atoms with Gasteiger partial charge in [0.2, 0.25) is 0 Å². The van der Waals surface area contributed by atoms with E-state index in [1.165, 1.54) is 96.3 Å². The second kappa shape index (κ2) is 23.3. The molecule has 0 fully saturated rings. The van der Waals surface area contributed by atoms with Gasteiger partial charge in [0.1, 0.15) is 0 Å². The molecule has 2 unspecified atom stereocenters. The molecule has 188 valence electrons. The first-order chi connectivity index (χ1) is 15.1. The molecule has 0 aliphatic rings. The minimum atomic E-state index is -3.95. The third-order valence-electron chi connectivity index (χ3n) is 6.04. The van der Waals surface area contributed by atoms with E-state index in [4.69, 9.17) is 9.05 Å². The summed E-state index contributed by atoms with van der Waals surface area (Å²) in [6.07, 6.45) is 24.5. The Hall–Kier alpha value is 0.110. The van der Waals surface area contributed by atoms with Crippen molar-refractivity contribution in [3.63, 3.8) is 0 Å². The van der Waals surface area contributed by atoms with Crippen molar-refractivity contribution in [1.29, 1.82) is 0 Å². The van der Waals surface area contributed by atoms with E-state index < -0.39 is 7.82 Å². The van der Waals surface area contributed by atoms with Gasteiger partial charge in [-0.05, 0) is 19.3 Å². The minimum absolute atomic E-state index is 0.151. The summed E-state index contributed by atoms with van der Waals surface area (Å²) < 4.78 is 23.4. The summed E-state index contributed by atoms with van der Waals surface area (Å²) in [5.41, 5.74) is 0. The van der Waals surface area contributed by atoms with Crippen molar-refractivity contribution in [2.75, 3.05) is 6.61 Å². The molecule has 31 heavy (non-hydrogen) atoms. The Labute approximate surface area is 194 Å². The maximum Gasteiger partial charge on any atom is 0.472 e. The molecule has 0 rings (SSSR count). The number of unbranched alkanes of at least 4 members (excludes halogenated alkanes) is 16. The molecule has 0 saturated carbocycles. The summed E-state index contributed by atoms with van der Waals surface area (Å²) >= 11 is 0. The van der Waals surface area contributed by atoms with Gasteiger partial charge in [-0.15, -0.1) is 0 Å². The van der Waals surface area contributed by atoms with Gasteiger partial charge in [-0.1, -0.05) is 136 Å². The Kier molecular flexibility index (Phi) is 23.4. The van der Waals surface area contributed by atoms with Crippen LogP contribution in [0.2, 0.25) is 0 Å². The lowest BCUT2D eigenvalue weighted by Crippen LogP contribution is -2.13. The normalized spacial score (nSPS) is 14.6. The molecule has 0 aliphatic carbocycles. The highest BCUT2D eigenvalue weighted by Gasteiger charge is 2.26. The molecule has 4 nitrogen and oxygen atoms in total. The number of hydrogen-bond acceptors (Lipinski definition) is 3. The Bertz CT molecular complexity index is 403. The van der Waals surface area contributed by atoms with Crippen LogP contribution in [0.3, 0.4) is 0 Å². The molecule has 0 heterocycles. The number of hydrogen-bond donors (Lipinski definition) is 1. The lowest BCUT2D eigenvalue weighted by Gasteiger charge is -2.21. The van der Waals surface area contributed by atoms with Gasteiger partial charge in [-0.2, -0.15) is 0 Å². The average molecular weight is 463 g/mol. The van der Waals surface area contributed by atoms with Crippen molar-refractivity contribution in [3.8, 4) is 0 Å². The highest BCUT2D eigenvalue weighted by atomic mass is 31.2. The maximum absolute atomic E-state index is 12.4. The molecule has 0 amide bonds. The van der Waals surface area contributed by atoms with Crippen molar-refractivity contribution >= 4 is 7.82 Å². The molecule has 0 saturated heterocycles. The van der Waals surface area contributed by atoms with Crippen LogP contribution in [0.1, 0.15) is 156 Å². The zero-order chi connectivity index (χ0) is 23.0. The molecule has 0 aromatic rings. The van der Waals surface area contributed by atoms with Gasteiger partial charge in [0.15, 0.2) is 0 Å². The van der Waals surface area contributed by atoms with E-state index in [2.05, 4.69) is 20.8 Å². The molecule has 0 radical (unpaired) electrons. The van der Waals surface area contributed by atoms with Crippen LogP contribution in [0.4, 0.5) is 0 Å². The lowest BCUT2D eigenvalue weighted by atomic mass is 10.0. The lowest BCUT2D eigenvalue weighted by molar-refractivity contribution is 0.0900. The van der Waals surface area contributed by atoms with Gasteiger partial charge in [0.25, 0.3) is 0 Å². The highest BCUT2D eigenvalue weighted by Crippen LogP contribution is 2.46. The van der Waals surface area contributed by atoms with Crippen LogP contribution in [-0.4, -0.2) is 17.6 Å². The molecule has 2 atom stereocenters. The second-order valence-electron chi connectivity index (χ2n) is 9.26. The Morgan fingerprint density at radius 3 is 1.35 bits per heavy atom. The van der Waals surface area contributed by atoms with Gasteiger partial charge in [0, 0.05) is 0 Å². The van der Waals surface area contributed by atoms with Crippen LogP contribution in [0.15, 0.2) is 0 Å². The van der Waals surface area contributed by atoms with Crippen molar-refractivity contribution in [2.24, 2.45) is 0 Å². The third-order valence-corrected chi connectivity index (χ3v) is 7.12. The fourth-order valence-corrected chi connectivity index (χ4v) is 5.02. The molecule has 5 heteroatoms. The van der Waals surface area contributed by atoms with Crippen LogP contribution in [0, 0.1) is 0 Å². The average Bonchev–Trinajstić information content (AvgIpc) is 2.74. The quantitative estimate of drug-likeness (QED) is 0.108. The maximum atomic E-state index is 12.4. The minimum Gasteiger partial charge on any atom is -0.302 e. The van der Waals surface area contributed by atoms with Crippen LogP contribution in [-0.2, 0) is 13.6 Å². The molecule has 0 aromatic carbocycles. The smallest absolute Gasteiger partial charge is 0.302 e. The summed E-state index contributed by atoms with van der Waals surface area (Å²) in [4.78, 5) is 10.2. The largest absolute Gasteiger partial charge is 0.472 e. The van der Waals surface area contributed by atoms with E-state index in [0.29, 0.717) is 6.61 Å². The monoisotopic (exact) mass is 462 g/mol. The van der Waals surface area contributed by atoms with E-state index in [-0.39, 0.29) is 6.10 Å². The van der Waals surface area contributed by atoms with Gasteiger partial charge in [0.05, 0.1) is 12.7 Å². The fourth-order valence-electron chi connectivity index (χ4n) is 4.01. The molecule has 1 N–H and O–H groups in total. The van der Waals surface area contributed by atoms with Gasteiger partial charge in [-0.25, -0.2) is 4.57 Å². The summed E-state index contributed by atoms with van der Waals surface area (Å²) in [7, 11) is -3.95. The van der Waals surface area contributed by atoms with Crippen LogP contribution >= 0.6 is 7.82 Å². The molecule has 0 bridgehead atoms. The predicted molar refractivity (Wildman–Crippen MR) is 135 cm³/mol. The molecule has 0 aliphatic heterocycles. The summed E-state index contributed by atoms with van der Waals surface area (Å²) in [6, 6.07) is 0. The summed E-state index contributed by atoms with van der Waals surface area (Å²) in [5.74, 6) is 0. The SMILES string of the molecule is CCCCCCCCCCC(CCCCCCC)OP(=O)(O)OCCCCCCCC. The molecular formula is C26H55O4P. The zero-order valence-corrected chi connectivity index (χ0v) is 22.1. The number of phosphoric ester groups is 1. The van der Waals surface area contributed by atoms with Crippen LogP contribution in [0.5, 0.6) is 0 Å². The first kappa shape index (κ1) is 31.1. The van der Waals surface area contributed by atoms with E-state index in [9.17, 15) is 9.46 Å². The van der Waals surface area contributed by atoms with Crippen molar-refractivity contribution < 1.29 is 18.5 Å². The molecular weight excluding hydrogens is 407 g/mol. The van der Waals surface area contributed by atoms with E-state index in [0.717, 1.165) is 38.5 Å². The highest BCUT2D eigenvalue weighted by molar-refractivity contribution is 7.47. The summed E-state index contributed by atoms with van der Waals surface area (Å²) in [6.45, 7) is 6.99. The topological polar surface area (TPSA) is 55.8 Å². The van der Waals surface area contributed by atoms with Gasteiger partial charge < -0.3 is 4.89 Å². The molecule has 0 aromatic heterocycles. The predicted octanol–water partition coefficient (Wildman–Crippen LogP) is 9.74. The van der Waals surface area contributed by atoms with E-state index in [1.807, 2.05) is 0 Å². The second-order valence-corrected chi connectivity index (χ2v) is 10.7. The zero-order valence-electron chi connectivity index (χ0n) is 21.3. The number of rotatable bonds is 25. The van der Waals surface area contributed by atoms with Crippen molar-refractivity contribution in [2.45, 2.75) is 162 Å². The standard InChI is InChI=1S/C26H55O4P/c1-4-7-10-13-15-16-18-21-24-26(23-20-17-12-9-6-3)30-31(27,28)29-25-22-19-14-11-8-5-2/h26H,4-25H2,1-3H3,(H,27,28). The van der Waals surface area contributed by atoms with Gasteiger partial charge >= 0.3 is 7.82 Å². The van der Waals surface area contributed by atoms with Crippen molar-refractivity contribution in [3.05, 3.63) is 0 Å². The number of phosphoric acid groups is 1. The van der Waals surface area contributed by atoms with Crippen LogP contribution < -0.4 is 0 Å². The van der Waals surface area contributed by atoms with Crippen LogP contribution in [0.25, 0.3) is 0 Å². The third kappa shape index (κ3) is 23.1. The Morgan fingerprint density at radius 2 is 0.935 bits per heavy atom. The van der Waals surface area contributed by atoms with Crippen molar-refractivity contribution in [1.82, 2.24) is 0 Å². The fraction of sp³-hybridized carbons (Fsp3) is 1.00. The van der Waals surface area contributed by atoms with E-state index in [1.54, 1.807) is 0 Å². The first-order valence-corrected chi connectivity index (χ1v) is 15.2. The Balaban J connectivity index is 4.16. The van der Waals surface area contributed by atoms with Gasteiger partial charge in [-0.3, -0.25) is 9.05 Å². The molecule has 0 spiro atoms. The Morgan fingerprint density at radius 1 is 0.581 bits per heavy atom. The van der Waals surface area contributed by atoms with E-state index >= 15 is 0 Å². The summed E-state index contributed by atoms with van der Waals surface area (Å²) in [5, 5.41) is 0.